The van der Waals surface area contributed by atoms with Crippen molar-refractivity contribution < 1.29 is 4.79 Å². The Morgan fingerprint density at radius 1 is 1.05 bits per heavy atom. The molecule has 0 radical (unpaired) electrons. The van der Waals surface area contributed by atoms with Crippen LogP contribution >= 0.6 is 0 Å². The summed E-state index contributed by atoms with van der Waals surface area (Å²) in [6, 6.07) is 12.7. The highest BCUT2D eigenvalue weighted by atomic mass is 16.2. The summed E-state index contributed by atoms with van der Waals surface area (Å²) in [5.41, 5.74) is 9.93. The number of anilines is 3. The van der Waals surface area contributed by atoms with Crippen molar-refractivity contribution in [3.05, 3.63) is 53.6 Å². The summed E-state index contributed by atoms with van der Waals surface area (Å²) in [7, 11) is 0. The molecule has 4 N–H and O–H groups in total. The van der Waals surface area contributed by atoms with Crippen molar-refractivity contribution in [2.24, 2.45) is 0 Å². The normalized spacial score (nSPS) is 10.0. The molecule has 0 saturated heterocycles. The molecule has 0 aliphatic rings. The minimum atomic E-state index is -0.280. The molecule has 0 aromatic heterocycles. The smallest absolute Gasteiger partial charge is 0.323 e. The standard InChI is InChI=1S/C15H17N3O/c1-10-6-7-14(11(2)8-10)18-15(19)17-13-5-3-4-12(16)9-13/h3-9H,16H2,1-2H3,(H2,17,18,19). The lowest BCUT2D eigenvalue weighted by atomic mass is 10.1. The van der Waals surface area contributed by atoms with Crippen molar-refractivity contribution in [2.45, 2.75) is 13.8 Å². The molecule has 0 fully saturated rings. The number of carbonyl (C=O) groups is 1. The summed E-state index contributed by atoms with van der Waals surface area (Å²) in [6.07, 6.45) is 0. The van der Waals surface area contributed by atoms with Gasteiger partial charge in [-0.1, -0.05) is 23.8 Å². The maximum Gasteiger partial charge on any atom is 0.323 e. The summed E-state index contributed by atoms with van der Waals surface area (Å²) in [5, 5.41) is 5.56. The highest BCUT2D eigenvalue weighted by molar-refractivity contribution is 6.00. The number of rotatable bonds is 2. The summed E-state index contributed by atoms with van der Waals surface area (Å²) in [6.45, 7) is 3.98. The van der Waals surface area contributed by atoms with Gasteiger partial charge in [-0.3, -0.25) is 0 Å². The maximum absolute atomic E-state index is 11.9. The minimum Gasteiger partial charge on any atom is -0.399 e. The van der Waals surface area contributed by atoms with E-state index < -0.39 is 0 Å². The van der Waals surface area contributed by atoms with Crippen molar-refractivity contribution in [3.8, 4) is 0 Å². The molecule has 2 aromatic carbocycles. The third-order valence-electron chi connectivity index (χ3n) is 2.77. The van der Waals surface area contributed by atoms with E-state index in [4.69, 9.17) is 5.73 Å². The predicted octanol–water partition coefficient (Wildman–Crippen LogP) is 3.53. The van der Waals surface area contributed by atoms with Crippen LogP contribution in [-0.2, 0) is 0 Å². The van der Waals surface area contributed by atoms with Crippen molar-refractivity contribution in [2.75, 3.05) is 16.4 Å². The van der Waals surface area contributed by atoms with Gasteiger partial charge in [0, 0.05) is 17.1 Å². The molecule has 98 valence electrons. The SMILES string of the molecule is Cc1ccc(NC(=O)Nc2cccc(N)c2)c(C)c1. The van der Waals surface area contributed by atoms with E-state index in [0.29, 0.717) is 11.4 Å². The first-order chi connectivity index (χ1) is 9.04. The lowest BCUT2D eigenvalue weighted by Crippen LogP contribution is -2.20. The second-order valence-corrected chi connectivity index (χ2v) is 4.52. The van der Waals surface area contributed by atoms with Gasteiger partial charge in [0.15, 0.2) is 0 Å². The van der Waals surface area contributed by atoms with E-state index in [1.54, 1.807) is 24.3 Å². The molecule has 0 aliphatic carbocycles. The van der Waals surface area contributed by atoms with Crippen LogP contribution in [0.15, 0.2) is 42.5 Å². The second kappa shape index (κ2) is 5.44. The number of urea groups is 1. The van der Waals surface area contributed by atoms with Crippen molar-refractivity contribution in [3.63, 3.8) is 0 Å². The molecule has 2 amide bonds. The largest absolute Gasteiger partial charge is 0.399 e. The minimum absolute atomic E-state index is 0.280. The van der Waals surface area contributed by atoms with Gasteiger partial charge < -0.3 is 16.4 Å². The quantitative estimate of drug-likeness (QED) is 0.719. The number of hydrogen-bond donors (Lipinski definition) is 3. The van der Waals surface area contributed by atoms with Gasteiger partial charge >= 0.3 is 6.03 Å². The van der Waals surface area contributed by atoms with E-state index in [1.165, 1.54) is 5.56 Å². The number of benzene rings is 2. The fourth-order valence-corrected chi connectivity index (χ4v) is 1.85. The van der Waals surface area contributed by atoms with E-state index in [2.05, 4.69) is 10.6 Å². The molecule has 0 aliphatic heterocycles. The van der Waals surface area contributed by atoms with Gasteiger partial charge in [-0.2, -0.15) is 0 Å². The molecule has 2 aromatic rings. The van der Waals surface area contributed by atoms with Crippen LogP contribution in [0.1, 0.15) is 11.1 Å². The molecule has 0 atom stereocenters. The summed E-state index contributed by atoms with van der Waals surface area (Å²) in [5.74, 6) is 0. The summed E-state index contributed by atoms with van der Waals surface area (Å²) < 4.78 is 0. The van der Waals surface area contributed by atoms with Crippen LogP contribution in [0.5, 0.6) is 0 Å². The van der Waals surface area contributed by atoms with E-state index in [-0.39, 0.29) is 6.03 Å². The average Bonchev–Trinajstić information content (AvgIpc) is 2.33. The van der Waals surface area contributed by atoms with Gasteiger partial charge in [-0.25, -0.2) is 4.79 Å². The fourth-order valence-electron chi connectivity index (χ4n) is 1.85. The molecule has 0 heterocycles. The Labute approximate surface area is 112 Å². The first kappa shape index (κ1) is 13.0. The number of nitrogens with one attached hydrogen (secondary N) is 2. The Balaban J connectivity index is 2.05. The molecule has 2 rings (SSSR count). The van der Waals surface area contributed by atoms with Crippen LogP contribution in [0.4, 0.5) is 21.9 Å². The number of nitrogen functional groups attached to an aromatic ring is 1. The van der Waals surface area contributed by atoms with E-state index in [1.807, 2.05) is 32.0 Å². The number of nitrogens with two attached hydrogens (primary N) is 1. The Bertz CT molecular complexity index is 608. The second-order valence-electron chi connectivity index (χ2n) is 4.52. The summed E-state index contributed by atoms with van der Waals surface area (Å²) >= 11 is 0. The van der Waals surface area contributed by atoms with Gasteiger partial charge in [-0.05, 0) is 43.7 Å². The first-order valence-electron chi connectivity index (χ1n) is 6.05. The zero-order valence-corrected chi connectivity index (χ0v) is 11.0. The predicted molar refractivity (Wildman–Crippen MR) is 79.4 cm³/mol. The topological polar surface area (TPSA) is 67.2 Å². The lowest BCUT2D eigenvalue weighted by Gasteiger charge is -2.10. The van der Waals surface area contributed by atoms with Crippen LogP contribution in [0.25, 0.3) is 0 Å². The highest BCUT2D eigenvalue weighted by Crippen LogP contribution is 2.17. The number of amides is 2. The lowest BCUT2D eigenvalue weighted by molar-refractivity contribution is 0.262. The van der Waals surface area contributed by atoms with Gasteiger partial charge in [0.1, 0.15) is 0 Å². The van der Waals surface area contributed by atoms with Crippen molar-refractivity contribution >= 4 is 23.1 Å². The van der Waals surface area contributed by atoms with Crippen LogP contribution in [0, 0.1) is 13.8 Å². The molecule has 0 unspecified atom stereocenters. The number of carbonyl (C=O) groups excluding carboxylic acids is 1. The Kier molecular flexibility index (Phi) is 3.71. The van der Waals surface area contributed by atoms with Crippen LogP contribution in [0.3, 0.4) is 0 Å². The van der Waals surface area contributed by atoms with Gasteiger partial charge in [0.25, 0.3) is 0 Å². The molecular weight excluding hydrogens is 238 g/mol. The average molecular weight is 255 g/mol. The Morgan fingerprint density at radius 2 is 1.84 bits per heavy atom. The molecule has 19 heavy (non-hydrogen) atoms. The Morgan fingerprint density at radius 3 is 2.53 bits per heavy atom. The van der Waals surface area contributed by atoms with Crippen LogP contribution in [0.2, 0.25) is 0 Å². The maximum atomic E-state index is 11.9. The zero-order chi connectivity index (χ0) is 13.8. The van der Waals surface area contributed by atoms with Gasteiger partial charge in [-0.15, -0.1) is 0 Å². The van der Waals surface area contributed by atoms with Gasteiger partial charge in [0.05, 0.1) is 0 Å². The molecule has 4 heteroatoms. The third kappa shape index (κ3) is 3.48. The van der Waals surface area contributed by atoms with Crippen LogP contribution in [-0.4, -0.2) is 6.03 Å². The summed E-state index contributed by atoms with van der Waals surface area (Å²) in [4.78, 5) is 11.9. The Hall–Kier alpha value is -2.49. The fraction of sp³-hybridized carbons (Fsp3) is 0.133. The molecule has 0 saturated carbocycles. The van der Waals surface area contributed by atoms with E-state index in [0.717, 1.165) is 11.3 Å². The molecular formula is C15H17N3O. The molecule has 0 spiro atoms. The van der Waals surface area contributed by atoms with Gasteiger partial charge in [0.2, 0.25) is 0 Å². The molecule has 4 nitrogen and oxygen atoms in total. The molecule has 0 bridgehead atoms. The highest BCUT2D eigenvalue weighted by Gasteiger charge is 2.05. The first-order valence-corrected chi connectivity index (χ1v) is 6.05. The van der Waals surface area contributed by atoms with Crippen LogP contribution < -0.4 is 16.4 Å². The van der Waals surface area contributed by atoms with E-state index >= 15 is 0 Å². The third-order valence-corrected chi connectivity index (χ3v) is 2.77. The zero-order valence-electron chi connectivity index (χ0n) is 11.0. The monoisotopic (exact) mass is 255 g/mol. The van der Waals surface area contributed by atoms with Crippen molar-refractivity contribution in [1.29, 1.82) is 0 Å². The number of hydrogen-bond acceptors (Lipinski definition) is 2. The number of aryl methyl sites for hydroxylation is 2. The van der Waals surface area contributed by atoms with Crippen molar-refractivity contribution in [1.82, 2.24) is 0 Å². The van der Waals surface area contributed by atoms with E-state index in [9.17, 15) is 4.79 Å².